The second kappa shape index (κ2) is 11.5. The van der Waals surface area contributed by atoms with E-state index < -0.39 is 0 Å². The van der Waals surface area contributed by atoms with Crippen LogP contribution in [0.25, 0.3) is 22.3 Å². The van der Waals surface area contributed by atoms with E-state index in [0.29, 0.717) is 0 Å². The lowest BCUT2D eigenvalue weighted by molar-refractivity contribution is 1.04. The number of fused-ring (bicyclic) bond motifs is 1. The van der Waals surface area contributed by atoms with Crippen LogP contribution in [0.15, 0.2) is 146 Å². The number of hydrogen-bond acceptors (Lipinski definition) is 4. The van der Waals surface area contributed by atoms with Gasteiger partial charge in [-0.15, -0.1) is 0 Å². The highest BCUT2D eigenvalue weighted by Gasteiger charge is 2.16. The summed E-state index contributed by atoms with van der Waals surface area (Å²) >= 11 is 0. The molecule has 1 heterocycles. The summed E-state index contributed by atoms with van der Waals surface area (Å²) in [6.07, 6.45) is 0.821. The van der Waals surface area contributed by atoms with E-state index >= 15 is 0 Å². The third-order valence-electron chi connectivity index (χ3n) is 7.15. The van der Waals surface area contributed by atoms with Crippen molar-refractivity contribution in [1.82, 2.24) is 9.97 Å². The van der Waals surface area contributed by atoms with E-state index in [1.54, 1.807) is 0 Å². The largest absolute Gasteiger partial charge is 0.315 e. The molecule has 0 unspecified atom stereocenters. The van der Waals surface area contributed by atoms with Crippen LogP contribution in [0.4, 0.5) is 28.4 Å². The molecule has 0 spiro atoms. The second-order valence-electron chi connectivity index (χ2n) is 10.0. The summed E-state index contributed by atoms with van der Waals surface area (Å²) in [6.45, 7) is 8.39. The van der Waals surface area contributed by atoms with Gasteiger partial charge in [0.1, 0.15) is 0 Å². The molecular formula is C37H32N4. The minimum absolute atomic E-state index is 0.821. The van der Waals surface area contributed by atoms with Crippen LogP contribution >= 0.6 is 0 Å². The Morgan fingerprint density at radius 1 is 0.561 bits per heavy atom. The first kappa shape index (κ1) is 26.0. The zero-order chi connectivity index (χ0) is 28.2. The summed E-state index contributed by atoms with van der Waals surface area (Å²) in [5.41, 5.74) is 11.2. The molecule has 4 nitrogen and oxygen atoms in total. The summed E-state index contributed by atoms with van der Waals surface area (Å²) in [5.74, 6) is 0. The number of aryl methyl sites for hydroxylation is 1. The molecule has 6 aromatic rings. The van der Waals surface area contributed by atoms with E-state index in [1.165, 1.54) is 0 Å². The van der Waals surface area contributed by atoms with E-state index in [1.807, 2.05) is 55.5 Å². The van der Waals surface area contributed by atoms with Gasteiger partial charge >= 0.3 is 0 Å². The third-order valence-corrected chi connectivity index (χ3v) is 7.15. The minimum atomic E-state index is 0.821. The molecule has 0 bridgehead atoms. The Hall–Kier alpha value is -5.22. The predicted molar refractivity (Wildman–Crippen MR) is 172 cm³/mol. The van der Waals surface area contributed by atoms with Gasteiger partial charge in [0, 0.05) is 39.7 Å². The number of anilines is 5. The molecule has 0 saturated carbocycles. The first-order valence-electron chi connectivity index (χ1n) is 13.9. The molecule has 200 valence electrons. The number of benzene rings is 5. The van der Waals surface area contributed by atoms with E-state index in [4.69, 9.17) is 9.97 Å². The molecule has 4 heteroatoms. The number of rotatable bonds is 8. The zero-order valence-corrected chi connectivity index (χ0v) is 23.4. The van der Waals surface area contributed by atoms with Crippen LogP contribution in [0.2, 0.25) is 0 Å². The maximum absolute atomic E-state index is 4.98. The normalized spacial score (nSPS) is 10.9. The molecule has 0 N–H and O–H groups in total. The van der Waals surface area contributed by atoms with E-state index in [-0.39, 0.29) is 0 Å². The Balaban J connectivity index is 1.38. The Labute approximate surface area is 241 Å². The van der Waals surface area contributed by atoms with Crippen LogP contribution in [-0.4, -0.2) is 9.97 Å². The van der Waals surface area contributed by atoms with Crippen molar-refractivity contribution in [2.45, 2.75) is 20.3 Å². The van der Waals surface area contributed by atoms with Crippen LogP contribution < -0.4 is 9.80 Å². The molecule has 0 atom stereocenters. The number of hydrogen-bond donors (Lipinski definition) is 0. The maximum atomic E-state index is 4.98. The highest BCUT2D eigenvalue weighted by molar-refractivity contribution is 5.82. The van der Waals surface area contributed by atoms with Gasteiger partial charge < -0.3 is 9.80 Å². The van der Waals surface area contributed by atoms with Crippen LogP contribution in [0.5, 0.6) is 0 Å². The highest BCUT2D eigenvalue weighted by Crippen LogP contribution is 2.38. The van der Waals surface area contributed by atoms with Gasteiger partial charge in [-0.1, -0.05) is 74.2 Å². The lowest BCUT2D eigenvalue weighted by Crippen LogP contribution is -2.14. The molecule has 0 aliphatic carbocycles. The average molecular weight is 533 g/mol. The van der Waals surface area contributed by atoms with Gasteiger partial charge in [-0.05, 0) is 86.1 Å². The van der Waals surface area contributed by atoms with E-state index in [0.717, 1.165) is 68.5 Å². The van der Waals surface area contributed by atoms with Crippen molar-refractivity contribution in [2.24, 2.45) is 0 Å². The zero-order valence-electron chi connectivity index (χ0n) is 23.4. The van der Waals surface area contributed by atoms with Gasteiger partial charge in [-0.25, -0.2) is 9.97 Å². The van der Waals surface area contributed by atoms with Crippen LogP contribution in [0, 0.1) is 0 Å². The van der Waals surface area contributed by atoms with Crippen LogP contribution in [-0.2, 0) is 6.42 Å². The molecule has 1 aromatic heterocycles. The molecule has 0 aliphatic heterocycles. The summed E-state index contributed by atoms with van der Waals surface area (Å²) in [4.78, 5) is 14.3. The average Bonchev–Trinajstić information content (AvgIpc) is 3.02. The first-order valence-corrected chi connectivity index (χ1v) is 13.9. The molecule has 0 amide bonds. The molecular weight excluding hydrogens is 500 g/mol. The molecule has 0 aliphatic rings. The number of aromatic nitrogens is 2. The topological polar surface area (TPSA) is 32.3 Å². The summed E-state index contributed by atoms with van der Waals surface area (Å²) in [7, 11) is 0. The number of nitrogens with zero attached hydrogens (tertiary/aromatic N) is 4. The van der Waals surface area contributed by atoms with Gasteiger partial charge in [-0.3, -0.25) is 0 Å². The van der Waals surface area contributed by atoms with Crippen molar-refractivity contribution < 1.29 is 0 Å². The Morgan fingerprint density at radius 3 is 1.56 bits per heavy atom. The molecule has 0 saturated heterocycles. The van der Waals surface area contributed by atoms with Crippen molar-refractivity contribution in [3.05, 3.63) is 151 Å². The quantitative estimate of drug-likeness (QED) is 0.195. The Bertz CT molecular complexity index is 1780. The fourth-order valence-corrected chi connectivity index (χ4v) is 5.22. The molecule has 0 radical (unpaired) electrons. The minimum Gasteiger partial charge on any atom is -0.315 e. The van der Waals surface area contributed by atoms with Gasteiger partial charge in [-0.2, -0.15) is 0 Å². The summed E-state index contributed by atoms with van der Waals surface area (Å²) in [6, 6.07) is 46.1. The lowest BCUT2D eigenvalue weighted by atomic mass is 10.1. The van der Waals surface area contributed by atoms with E-state index in [9.17, 15) is 0 Å². The van der Waals surface area contributed by atoms with Crippen molar-refractivity contribution in [1.29, 1.82) is 0 Å². The first-order chi connectivity index (χ1) is 20.1. The second-order valence-corrected chi connectivity index (χ2v) is 10.0. The van der Waals surface area contributed by atoms with Gasteiger partial charge in [0.15, 0.2) is 0 Å². The Kier molecular flexibility index (Phi) is 7.29. The Morgan fingerprint density at radius 2 is 1.00 bits per heavy atom. The van der Waals surface area contributed by atoms with Gasteiger partial charge in [0.25, 0.3) is 0 Å². The van der Waals surface area contributed by atoms with Crippen molar-refractivity contribution in [2.75, 3.05) is 9.80 Å². The van der Waals surface area contributed by atoms with E-state index in [2.05, 4.69) is 108 Å². The highest BCUT2D eigenvalue weighted by atomic mass is 15.2. The predicted octanol–water partition coefficient (Wildman–Crippen LogP) is 10.0. The standard InChI is InChI=1S/C37H32N4/c1-4-34-37(39-36-18-12-11-17-35(36)38-34)28-19-21-32(22-20-28)41(30-15-9-6-10-16-30)33-25-23-31(24-26-33)40(27(2)3)29-13-7-5-8-14-29/h5-26H,2,4H2,1,3H3. The monoisotopic (exact) mass is 532 g/mol. The summed E-state index contributed by atoms with van der Waals surface area (Å²) < 4.78 is 0. The maximum Gasteiger partial charge on any atom is 0.0925 e. The fraction of sp³-hybridized carbons (Fsp3) is 0.0811. The summed E-state index contributed by atoms with van der Waals surface area (Å²) in [5, 5.41) is 0. The molecule has 5 aromatic carbocycles. The number of allylic oxidation sites excluding steroid dienone is 1. The van der Waals surface area contributed by atoms with Gasteiger partial charge in [0.05, 0.1) is 22.4 Å². The smallest absolute Gasteiger partial charge is 0.0925 e. The number of para-hydroxylation sites is 4. The van der Waals surface area contributed by atoms with Crippen LogP contribution in [0.3, 0.4) is 0 Å². The third kappa shape index (κ3) is 5.32. The van der Waals surface area contributed by atoms with Crippen LogP contribution in [0.1, 0.15) is 19.5 Å². The van der Waals surface area contributed by atoms with Crippen molar-refractivity contribution in [3.8, 4) is 11.3 Å². The fourth-order valence-electron chi connectivity index (χ4n) is 5.22. The van der Waals surface area contributed by atoms with Gasteiger partial charge in [0.2, 0.25) is 0 Å². The lowest BCUT2D eigenvalue weighted by Gasteiger charge is -2.28. The van der Waals surface area contributed by atoms with Crippen molar-refractivity contribution in [3.63, 3.8) is 0 Å². The van der Waals surface area contributed by atoms with Crippen molar-refractivity contribution >= 4 is 39.5 Å². The molecule has 0 fully saturated rings. The molecule has 41 heavy (non-hydrogen) atoms. The molecule has 6 rings (SSSR count). The SMILES string of the molecule is C=C(C)N(c1ccccc1)c1ccc(N(c2ccccc2)c2ccc(-c3nc4ccccc4nc3CC)cc2)cc1.